The average Bonchev–Trinajstić information content (AvgIpc) is 3.05. The number of piperazine rings is 1. The molecule has 242 valence electrons. The Morgan fingerprint density at radius 1 is 0.935 bits per heavy atom. The smallest absolute Gasteiger partial charge is 0.329 e. The number of ether oxygens (including phenoxy) is 3. The van der Waals surface area contributed by atoms with E-state index in [0.717, 1.165) is 10.8 Å². The van der Waals surface area contributed by atoms with Crippen LogP contribution in [0.25, 0.3) is 32.8 Å². The summed E-state index contributed by atoms with van der Waals surface area (Å²) in [5, 5.41) is 21.0. The highest BCUT2D eigenvalue weighted by Gasteiger charge is 2.25. The van der Waals surface area contributed by atoms with Crippen molar-refractivity contribution in [1.82, 2.24) is 14.9 Å². The second kappa shape index (κ2) is 15.8. The number of carbonyl (C=O) groups is 2. The number of phenols is 1. The molecule has 1 aromatic heterocycles. The lowest BCUT2D eigenvalue weighted by Crippen LogP contribution is -2.48. The third-order valence-corrected chi connectivity index (χ3v) is 7.76. The molecule has 11 nitrogen and oxygen atoms in total. The predicted molar refractivity (Wildman–Crippen MR) is 172 cm³/mol. The zero-order chi connectivity index (χ0) is 32.5. The Labute approximate surface area is 269 Å². The third-order valence-electron chi connectivity index (χ3n) is 7.47. The number of aliphatic carboxylic acids is 1. The quantitative estimate of drug-likeness (QED) is 0.146. The Morgan fingerprint density at radius 2 is 1.65 bits per heavy atom. The van der Waals surface area contributed by atoms with Crippen LogP contribution < -0.4 is 4.90 Å². The van der Waals surface area contributed by atoms with Crippen LogP contribution in [0.1, 0.15) is 6.42 Å². The fourth-order valence-corrected chi connectivity index (χ4v) is 5.59. The molecule has 1 amide bonds. The normalized spacial score (nSPS) is 13.7. The molecular formula is C33H34ClFN4O7. The molecule has 13 heteroatoms. The van der Waals surface area contributed by atoms with E-state index >= 15 is 4.39 Å². The van der Waals surface area contributed by atoms with Crippen LogP contribution in [0.15, 0.2) is 60.9 Å². The number of aromatic hydroxyl groups is 1. The largest absolute Gasteiger partial charge is 0.508 e. The minimum absolute atomic E-state index is 0.00398. The van der Waals surface area contributed by atoms with Gasteiger partial charge in [0, 0.05) is 37.1 Å². The Bertz CT molecular complexity index is 1730. The second-order valence-electron chi connectivity index (χ2n) is 10.5. The maximum Gasteiger partial charge on any atom is 0.329 e. The summed E-state index contributed by atoms with van der Waals surface area (Å²) in [6, 6.07) is 12.2. The molecule has 1 aliphatic rings. The van der Waals surface area contributed by atoms with Gasteiger partial charge in [0.05, 0.1) is 38.1 Å². The molecule has 0 radical (unpaired) electrons. The number of rotatable bonds is 14. The summed E-state index contributed by atoms with van der Waals surface area (Å²) in [5.74, 6) is -1.18. The number of carbonyl (C=O) groups excluding carboxylic acids is 1. The lowest BCUT2D eigenvalue weighted by atomic mass is 9.96. The topological polar surface area (TPSA) is 135 Å². The van der Waals surface area contributed by atoms with E-state index in [0.29, 0.717) is 69.2 Å². The van der Waals surface area contributed by atoms with Crippen molar-refractivity contribution in [3.05, 3.63) is 71.8 Å². The molecule has 3 aromatic carbocycles. The number of phenolic OH excluding ortho intramolecular Hbond substituents is 1. The van der Waals surface area contributed by atoms with Crippen molar-refractivity contribution < 1.29 is 38.4 Å². The van der Waals surface area contributed by atoms with Crippen molar-refractivity contribution in [2.24, 2.45) is 0 Å². The van der Waals surface area contributed by atoms with Gasteiger partial charge in [-0.15, -0.1) is 0 Å². The monoisotopic (exact) mass is 652 g/mol. The van der Waals surface area contributed by atoms with Crippen LogP contribution in [0.5, 0.6) is 5.75 Å². The Kier molecular flexibility index (Phi) is 11.3. The summed E-state index contributed by atoms with van der Waals surface area (Å²) >= 11 is 6.71. The number of amides is 1. The standard InChI is InChI=1S/C33H34ClFN4O7/c34-27-19-26-32(31(35)30(27)25-18-23(40)17-22-5-1-2-6-24(22)25)36-21-37-33(26)39-10-8-38(9-11-39)28(41)7-3-4-12-44-13-14-45-15-16-46-20-29(42)43/h1-3,5-7,17-19,21,40H,4,8-16,20H2,(H,42,43). The molecule has 1 aliphatic heterocycles. The van der Waals surface area contributed by atoms with Crippen LogP contribution in [0, 0.1) is 5.82 Å². The summed E-state index contributed by atoms with van der Waals surface area (Å²) in [6.07, 6.45) is 5.19. The Morgan fingerprint density at radius 3 is 2.41 bits per heavy atom. The minimum atomic E-state index is -1.02. The van der Waals surface area contributed by atoms with Gasteiger partial charge < -0.3 is 34.2 Å². The van der Waals surface area contributed by atoms with Crippen molar-refractivity contribution in [2.75, 3.05) is 70.7 Å². The molecule has 0 saturated carbocycles. The maximum atomic E-state index is 16.1. The molecule has 1 fully saturated rings. The van der Waals surface area contributed by atoms with E-state index < -0.39 is 11.8 Å². The summed E-state index contributed by atoms with van der Waals surface area (Å²) in [5.41, 5.74) is 0.752. The number of fused-ring (bicyclic) bond motifs is 2. The molecular weight excluding hydrogens is 619 g/mol. The highest BCUT2D eigenvalue weighted by molar-refractivity contribution is 6.35. The predicted octanol–water partition coefficient (Wildman–Crippen LogP) is 4.68. The van der Waals surface area contributed by atoms with Gasteiger partial charge in [-0.1, -0.05) is 41.9 Å². The molecule has 2 heterocycles. The SMILES string of the molecule is O=C(O)COCCOCCOCCC=CC(=O)N1CCN(c2ncnc3c(F)c(-c4cc(O)cc5ccccc45)c(Cl)cc23)CC1. The lowest BCUT2D eigenvalue weighted by molar-refractivity contribution is -0.142. The van der Waals surface area contributed by atoms with Crippen molar-refractivity contribution in [3.8, 4) is 16.9 Å². The van der Waals surface area contributed by atoms with Gasteiger partial charge >= 0.3 is 5.97 Å². The number of carboxylic acid groups (broad SMARTS) is 1. The van der Waals surface area contributed by atoms with Gasteiger partial charge in [-0.05, 0) is 47.0 Å². The van der Waals surface area contributed by atoms with E-state index in [2.05, 4.69) is 9.97 Å². The molecule has 46 heavy (non-hydrogen) atoms. The van der Waals surface area contributed by atoms with E-state index in [1.165, 1.54) is 18.5 Å². The first-order chi connectivity index (χ1) is 22.3. The zero-order valence-corrected chi connectivity index (χ0v) is 25.8. The van der Waals surface area contributed by atoms with Crippen LogP contribution in [0.3, 0.4) is 0 Å². The van der Waals surface area contributed by atoms with E-state index in [4.69, 9.17) is 30.9 Å². The number of hydrogen-bond acceptors (Lipinski definition) is 9. The van der Waals surface area contributed by atoms with Gasteiger partial charge in [0.15, 0.2) is 5.82 Å². The van der Waals surface area contributed by atoms with Crippen molar-refractivity contribution in [3.63, 3.8) is 0 Å². The zero-order valence-electron chi connectivity index (χ0n) is 25.0. The Hall–Kier alpha value is -4.36. The van der Waals surface area contributed by atoms with Gasteiger partial charge in [0.2, 0.25) is 5.91 Å². The number of hydrogen-bond donors (Lipinski definition) is 2. The van der Waals surface area contributed by atoms with Gasteiger partial charge in [-0.2, -0.15) is 0 Å². The average molecular weight is 653 g/mol. The molecule has 4 aromatic rings. The van der Waals surface area contributed by atoms with Gasteiger partial charge in [-0.3, -0.25) is 4.79 Å². The first-order valence-corrected chi connectivity index (χ1v) is 15.2. The highest BCUT2D eigenvalue weighted by Crippen LogP contribution is 2.41. The maximum absolute atomic E-state index is 16.1. The molecule has 0 bridgehead atoms. The van der Waals surface area contributed by atoms with Crippen LogP contribution in [0.4, 0.5) is 10.2 Å². The molecule has 5 rings (SSSR count). The van der Waals surface area contributed by atoms with Crippen molar-refractivity contribution in [1.29, 1.82) is 0 Å². The molecule has 1 saturated heterocycles. The fourth-order valence-electron chi connectivity index (χ4n) is 5.30. The first kappa shape index (κ1) is 33.0. The van der Waals surface area contributed by atoms with Crippen LogP contribution >= 0.6 is 11.6 Å². The molecule has 0 spiro atoms. The molecule has 2 N–H and O–H groups in total. The molecule has 0 aliphatic carbocycles. The van der Waals surface area contributed by atoms with E-state index in [9.17, 15) is 14.7 Å². The second-order valence-corrected chi connectivity index (χ2v) is 10.9. The first-order valence-electron chi connectivity index (χ1n) is 14.8. The van der Waals surface area contributed by atoms with Crippen molar-refractivity contribution >= 4 is 51.0 Å². The number of nitrogens with zero attached hydrogens (tertiary/aromatic N) is 4. The van der Waals surface area contributed by atoms with Crippen LogP contribution in [0.2, 0.25) is 5.02 Å². The summed E-state index contributed by atoms with van der Waals surface area (Å²) < 4.78 is 31.8. The van der Waals surface area contributed by atoms with E-state index in [1.54, 1.807) is 23.1 Å². The molecule has 0 unspecified atom stereocenters. The Balaban J connectivity index is 1.15. The summed E-state index contributed by atoms with van der Waals surface area (Å²) in [6.45, 7) is 3.22. The number of aromatic nitrogens is 2. The van der Waals surface area contributed by atoms with Crippen LogP contribution in [-0.4, -0.2) is 103 Å². The van der Waals surface area contributed by atoms with Gasteiger partial charge in [0.25, 0.3) is 0 Å². The lowest BCUT2D eigenvalue weighted by Gasteiger charge is -2.35. The molecule has 0 atom stereocenters. The van der Waals surface area contributed by atoms with E-state index in [-0.39, 0.29) is 47.6 Å². The van der Waals surface area contributed by atoms with Crippen LogP contribution in [-0.2, 0) is 23.8 Å². The third kappa shape index (κ3) is 8.07. The van der Waals surface area contributed by atoms with Gasteiger partial charge in [0.1, 0.15) is 30.0 Å². The number of carboxylic acids is 1. The number of anilines is 1. The number of benzene rings is 3. The highest BCUT2D eigenvalue weighted by atomic mass is 35.5. The van der Waals surface area contributed by atoms with Crippen molar-refractivity contribution in [2.45, 2.75) is 6.42 Å². The fraction of sp³-hybridized carbons (Fsp3) is 0.333. The summed E-state index contributed by atoms with van der Waals surface area (Å²) in [7, 11) is 0. The minimum Gasteiger partial charge on any atom is -0.508 e. The van der Waals surface area contributed by atoms with Gasteiger partial charge in [-0.25, -0.2) is 19.2 Å². The van der Waals surface area contributed by atoms with E-state index in [1.807, 2.05) is 29.2 Å². The number of halogens is 2. The summed E-state index contributed by atoms with van der Waals surface area (Å²) in [4.78, 5) is 35.5.